The molecular formula is C31H39NO2. The summed E-state index contributed by atoms with van der Waals surface area (Å²) in [5.74, 6) is 2.50. The average molecular weight is 458 g/mol. The number of fused-ring (bicyclic) bond motifs is 2. The van der Waals surface area contributed by atoms with Gasteiger partial charge in [-0.3, -0.25) is 4.79 Å². The molecule has 34 heavy (non-hydrogen) atoms. The molecule has 2 aliphatic rings. The number of benzene rings is 2. The minimum absolute atomic E-state index is 0.134. The molecule has 4 rings (SSSR count). The fourth-order valence-electron chi connectivity index (χ4n) is 5.95. The summed E-state index contributed by atoms with van der Waals surface area (Å²) in [6.45, 7) is 14.8. The quantitative estimate of drug-likeness (QED) is 0.401. The van der Waals surface area contributed by atoms with Crippen molar-refractivity contribution in [1.82, 2.24) is 0 Å². The standard InChI is InChI=1S/C31H39NO2/c1-7-22(8-2)23-15-17-27-29(19-23)34-30-20-24(32(9-3)10-4)16-18-28(30)31(27,6)26-14-12-11-13-25(26)21(5)33/h11,13,15-20,22H,7-10,12,14H2,1-6H3. The number of nitrogens with zero attached hydrogens (tertiary/aromatic N) is 1. The molecule has 3 heteroatoms. The Hall–Kier alpha value is -2.81. The van der Waals surface area contributed by atoms with Crippen LogP contribution in [0.5, 0.6) is 11.5 Å². The summed E-state index contributed by atoms with van der Waals surface area (Å²) in [4.78, 5) is 15.1. The number of ether oxygens (including phenoxy) is 1. The van der Waals surface area contributed by atoms with Gasteiger partial charge in [-0.1, -0.05) is 44.2 Å². The van der Waals surface area contributed by atoms with Crippen LogP contribution < -0.4 is 9.64 Å². The minimum atomic E-state index is -0.414. The number of hydrogen-bond donors (Lipinski definition) is 0. The monoisotopic (exact) mass is 457 g/mol. The maximum atomic E-state index is 12.7. The van der Waals surface area contributed by atoms with Crippen molar-refractivity contribution in [3.05, 3.63) is 76.4 Å². The Morgan fingerprint density at radius 1 is 1.00 bits per heavy atom. The van der Waals surface area contributed by atoms with Gasteiger partial charge in [0, 0.05) is 47.0 Å². The number of Topliss-reactive ketones (excluding diaryl/α,β-unsaturated/α-hetero) is 1. The zero-order chi connectivity index (χ0) is 24.5. The maximum absolute atomic E-state index is 12.7. The van der Waals surface area contributed by atoms with Gasteiger partial charge in [0.25, 0.3) is 0 Å². The number of ketones is 1. The fourth-order valence-corrected chi connectivity index (χ4v) is 5.95. The smallest absolute Gasteiger partial charge is 0.159 e. The molecule has 0 radical (unpaired) electrons. The van der Waals surface area contributed by atoms with E-state index in [1.807, 2.05) is 6.08 Å². The van der Waals surface area contributed by atoms with Crippen LogP contribution in [0.4, 0.5) is 5.69 Å². The van der Waals surface area contributed by atoms with Gasteiger partial charge in [0.2, 0.25) is 0 Å². The normalized spacial score (nSPS) is 19.0. The van der Waals surface area contributed by atoms with E-state index in [2.05, 4.69) is 82.0 Å². The summed E-state index contributed by atoms with van der Waals surface area (Å²) in [7, 11) is 0. The van der Waals surface area contributed by atoms with Crippen molar-refractivity contribution in [3.8, 4) is 11.5 Å². The summed E-state index contributed by atoms with van der Waals surface area (Å²) in [6.07, 6.45) is 8.22. The van der Waals surface area contributed by atoms with E-state index in [1.165, 1.54) is 16.8 Å². The van der Waals surface area contributed by atoms with Crippen molar-refractivity contribution in [3.63, 3.8) is 0 Å². The molecule has 1 atom stereocenters. The molecule has 3 nitrogen and oxygen atoms in total. The Bertz CT molecular complexity index is 1070. The first-order valence-electron chi connectivity index (χ1n) is 13.0. The molecule has 2 aromatic rings. The SMILES string of the molecule is CCC(CC)c1ccc2c(c1)Oc1cc(N(CC)CC)ccc1C2(C)C1=C(C(C)=O)C=CCC1. The lowest BCUT2D eigenvalue weighted by molar-refractivity contribution is -0.113. The van der Waals surface area contributed by atoms with Crippen LogP contribution in [0.25, 0.3) is 0 Å². The van der Waals surface area contributed by atoms with Crippen LogP contribution in [-0.2, 0) is 10.2 Å². The highest BCUT2D eigenvalue weighted by atomic mass is 16.5. The molecule has 0 N–H and O–H groups in total. The van der Waals surface area contributed by atoms with Crippen LogP contribution in [0.3, 0.4) is 0 Å². The Balaban J connectivity index is 1.98. The van der Waals surface area contributed by atoms with E-state index in [4.69, 9.17) is 4.74 Å². The van der Waals surface area contributed by atoms with Crippen LogP contribution in [0.2, 0.25) is 0 Å². The van der Waals surface area contributed by atoms with Crippen molar-refractivity contribution in [1.29, 1.82) is 0 Å². The Morgan fingerprint density at radius 2 is 1.65 bits per heavy atom. The Kier molecular flexibility index (Phi) is 7.02. The molecule has 1 heterocycles. The van der Waals surface area contributed by atoms with E-state index in [1.54, 1.807) is 6.92 Å². The number of rotatable bonds is 8. The number of allylic oxidation sites excluding steroid dienone is 4. The predicted octanol–water partition coefficient (Wildman–Crippen LogP) is 8.08. The second kappa shape index (κ2) is 9.82. The summed E-state index contributed by atoms with van der Waals surface area (Å²) >= 11 is 0. The number of hydrogen-bond acceptors (Lipinski definition) is 3. The first-order valence-corrected chi connectivity index (χ1v) is 13.0. The highest BCUT2D eigenvalue weighted by Gasteiger charge is 2.43. The third-order valence-corrected chi connectivity index (χ3v) is 8.01. The number of carbonyl (C=O) groups is 1. The third-order valence-electron chi connectivity index (χ3n) is 8.01. The number of anilines is 1. The first kappa shape index (κ1) is 24.3. The van der Waals surface area contributed by atoms with Gasteiger partial charge < -0.3 is 9.64 Å². The van der Waals surface area contributed by atoms with Gasteiger partial charge >= 0.3 is 0 Å². The van der Waals surface area contributed by atoms with E-state index in [9.17, 15) is 4.79 Å². The predicted molar refractivity (Wildman–Crippen MR) is 142 cm³/mol. The van der Waals surface area contributed by atoms with E-state index in [0.717, 1.165) is 67.0 Å². The zero-order valence-corrected chi connectivity index (χ0v) is 21.7. The van der Waals surface area contributed by atoms with Gasteiger partial charge in [-0.2, -0.15) is 0 Å². The van der Waals surface area contributed by atoms with Crippen LogP contribution in [-0.4, -0.2) is 18.9 Å². The van der Waals surface area contributed by atoms with Crippen molar-refractivity contribution in [2.75, 3.05) is 18.0 Å². The topological polar surface area (TPSA) is 29.5 Å². The van der Waals surface area contributed by atoms with E-state index in [-0.39, 0.29) is 5.78 Å². The molecule has 0 bridgehead atoms. The maximum Gasteiger partial charge on any atom is 0.159 e. The molecule has 0 saturated carbocycles. The molecule has 0 saturated heterocycles. The minimum Gasteiger partial charge on any atom is -0.457 e. The van der Waals surface area contributed by atoms with Crippen LogP contribution >= 0.6 is 0 Å². The van der Waals surface area contributed by atoms with E-state index in [0.29, 0.717) is 5.92 Å². The summed E-state index contributed by atoms with van der Waals surface area (Å²) in [5, 5.41) is 0. The second-order valence-corrected chi connectivity index (χ2v) is 9.74. The van der Waals surface area contributed by atoms with Gasteiger partial charge in [-0.05, 0) is 82.6 Å². The molecule has 2 aromatic carbocycles. The summed E-state index contributed by atoms with van der Waals surface area (Å²) in [5.41, 5.74) is 6.46. The number of carbonyl (C=O) groups excluding carboxylic acids is 1. The van der Waals surface area contributed by atoms with Gasteiger partial charge in [0.15, 0.2) is 5.78 Å². The Morgan fingerprint density at radius 3 is 2.26 bits per heavy atom. The molecule has 0 fully saturated rings. The highest BCUT2D eigenvalue weighted by Crippen LogP contribution is 2.55. The van der Waals surface area contributed by atoms with Gasteiger partial charge in [0.1, 0.15) is 11.5 Å². The fraction of sp³-hybridized carbons (Fsp3) is 0.452. The van der Waals surface area contributed by atoms with Gasteiger partial charge in [-0.25, -0.2) is 0 Å². The molecule has 0 aromatic heterocycles. The molecule has 0 amide bonds. The average Bonchev–Trinajstić information content (AvgIpc) is 2.85. The third kappa shape index (κ3) is 4.00. The molecule has 180 valence electrons. The molecule has 1 unspecified atom stereocenters. The Labute approximate surface area is 205 Å². The zero-order valence-electron chi connectivity index (χ0n) is 21.7. The molecular weight excluding hydrogens is 418 g/mol. The van der Waals surface area contributed by atoms with Crippen LogP contribution in [0.1, 0.15) is 89.8 Å². The van der Waals surface area contributed by atoms with Crippen molar-refractivity contribution < 1.29 is 9.53 Å². The van der Waals surface area contributed by atoms with Crippen molar-refractivity contribution >= 4 is 11.5 Å². The first-order chi connectivity index (χ1) is 16.4. The molecule has 1 aliphatic heterocycles. The summed E-state index contributed by atoms with van der Waals surface area (Å²) in [6, 6.07) is 13.4. The lowest BCUT2D eigenvalue weighted by atomic mass is 9.65. The lowest BCUT2D eigenvalue weighted by Gasteiger charge is -2.41. The lowest BCUT2D eigenvalue weighted by Crippen LogP contribution is -2.33. The van der Waals surface area contributed by atoms with E-state index >= 15 is 0 Å². The van der Waals surface area contributed by atoms with Crippen molar-refractivity contribution in [2.45, 2.75) is 78.6 Å². The van der Waals surface area contributed by atoms with Gasteiger partial charge in [-0.15, -0.1) is 0 Å². The van der Waals surface area contributed by atoms with Crippen LogP contribution in [0, 0.1) is 0 Å². The largest absolute Gasteiger partial charge is 0.457 e. The van der Waals surface area contributed by atoms with Gasteiger partial charge in [0.05, 0.1) is 0 Å². The van der Waals surface area contributed by atoms with E-state index < -0.39 is 5.41 Å². The molecule has 1 aliphatic carbocycles. The summed E-state index contributed by atoms with van der Waals surface area (Å²) < 4.78 is 6.67. The highest BCUT2D eigenvalue weighted by molar-refractivity contribution is 5.98. The van der Waals surface area contributed by atoms with Crippen LogP contribution in [0.15, 0.2) is 59.7 Å². The second-order valence-electron chi connectivity index (χ2n) is 9.74. The van der Waals surface area contributed by atoms with Crippen molar-refractivity contribution in [2.24, 2.45) is 0 Å². The molecule has 0 spiro atoms.